The lowest BCUT2D eigenvalue weighted by molar-refractivity contribution is 0.385. The smallest absolute Gasteiger partial charge is 0.169 e. The van der Waals surface area contributed by atoms with Crippen LogP contribution < -0.4 is 10.5 Å². The van der Waals surface area contributed by atoms with Crippen molar-refractivity contribution in [1.82, 2.24) is 0 Å². The molecule has 0 spiro atoms. The summed E-state index contributed by atoms with van der Waals surface area (Å²) in [5, 5.41) is 0.613. The third-order valence-corrected chi connectivity index (χ3v) is 4.15. The lowest BCUT2D eigenvalue weighted by Crippen LogP contribution is -1.93. The van der Waals surface area contributed by atoms with Gasteiger partial charge in [-0.05, 0) is 24.3 Å². The van der Waals surface area contributed by atoms with Crippen molar-refractivity contribution in [2.45, 2.75) is 10.6 Å². The number of hydrogen-bond donors (Lipinski definition) is 1. The maximum absolute atomic E-state index is 14.0. The van der Waals surface area contributed by atoms with Crippen LogP contribution in [0.1, 0.15) is 5.56 Å². The Bertz CT molecular complexity index is 592. The molecule has 0 amide bonds. The fraction of sp³-hybridized carbons (Fsp3) is 0.143. The molecule has 19 heavy (non-hydrogen) atoms. The highest BCUT2D eigenvalue weighted by Crippen LogP contribution is 2.33. The van der Waals surface area contributed by atoms with E-state index in [-0.39, 0.29) is 11.6 Å². The zero-order valence-electron chi connectivity index (χ0n) is 10.3. The van der Waals surface area contributed by atoms with Crippen LogP contribution in [-0.4, -0.2) is 7.11 Å². The Morgan fingerprint density at radius 2 is 2.11 bits per heavy atom. The quantitative estimate of drug-likeness (QED) is 0.672. The van der Waals surface area contributed by atoms with Gasteiger partial charge in [-0.25, -0.2) is 4.39 Å². The van der Waals surface area contributed by atoms with Gasteiger partial charge in [0.2, 0.25) is 0 Å². The summed E-state index contributed by atoms with van der Waals surface area (Å²) in [6.45, 7) is 0. The number of rotatable bonds is 4. The molecule has 2 nitrogen and oxygen atoms in total. The molecule has 2 aromatic rings. The summed E-state index contributed by atoms with van der Waals surface area (Å²) in [4.78, 5) is 0.837. The molecule has 0 aliphatic carbocycles. The molecular weight excluding hydrogens is 285 g/mol. The van der Waals surface area contributed by atoms with Gasteiger partial charge in [-0.1, -0.05) is 23.7 Å². The van der Waals surface area contributed by atoms with Crippen molar-refractivity contribution < 1.29 is 9.13 Å². The number of hydrogen-bond acceptors (Lipinski definition) is 3. The topological polar surface area (TPSA) is 35.2 Å². The van der Waals surface area contributed by atoms with Crippen molar-refractivity contribution in [1.29, 1.82) is 0 Å². The van der Waals surface area contributed by atoms with Gasteiger partial charge >= 0.3 is 0 Å². The highest BCUT2D eigenvalue weighted by Gasteiger charge is 2.09. The second-order valence-electron chi connectivity index (χ2n) is 3.91. The van der Waals surface area contributed by atoms with Crippen LogP contribution >= 0.6 is 23.4 Å². The third kappa shape index (κ3) is 3.33. The largest absolute Gasteiger partial charge is 0.494 e. The molecule has 0 saturated carbocycles. The normalized spacial score (nSPS) is 10.5. The molecule has 2 rings (SSSR count). The Balaban J connectivity index is 2.17. The number of benzene rings is 2. The molecule has 0 radical (unpaired) electrons. The van der Waals surface area contributed by atoms with Gasteiger partial charge in [0.1, 0.15) is 0 Å². The van der Waals surface area contributed by atoms with E-state index in [1.54, 1.807) is 36.4 Å². The van der Waals surface area contributed by atoms with E-state index in [1.165, 1.54) is 18.9 Å². The molecule has 0 fully saturated rings. The average Bonchev–Trinajstić information content (AvgIpc) is 2.41. The van der Waals surface area contributed by atoms with Crippen molar-refractivity contribution in [2.24, 2.45) is 0 Å². The van der Waals surface area contributed by atoms with E-state index < -0.39 is 0 Å². The zero-order valence-corrected chi connectivity index (χ0v) is 11.9. The summed E-state index contributed by atoms with van der Waals surface area (Å²) in [7, 11) is 1.45. The number of ether oxygens (including phenoxy) is 1. The average molecular weight is 298 g/mol. The molecular formula is C14H13ClFNOS. The number of thioether (sulfide) groups is 1. The Hall–Kier alpha value is -1.39. The maximum Gasteiger partial charge on any atom is 0.169 e. The van der Waals surface area contributed by atoms with Crippen molar-refractivity contribution in [3.63, 3.8) is 0 Å². The standard InChI is InChI=1S/C14H13ClFNOS/c1-18-12-4-2-3-9(14(12)16)8-19-13-7-10(17)5-6-11(13)15/h2-7H,8,17H2,1H3. The molecule has 0 atom stereocenters. The van der Waals surface area contributed by atoms with Gasteiger partial charge < -0.3 is 10.5 Å². The molecule has 0 bridgehead atoms. The Morgan fingerprint density at radius 1 is 1.32 bits per heavy atom. The summed E-state index contributed by atoms with van der Waals surface area (Å²) in [5.74, 6) is 0.376. The number of nitrogens with two attached hydrogens (primary N) is 1. The van der Waals surface area contributed by atoms with E-state index in [2.05, 4.69) is 0 Å². The van der Waals surface area contributed by atoms with E-state index in [0.29, 0.717) is 22.0 Å². The minimum Gasteiger partial charge on any atom is -0.494 e. The van der Waals surface area contributed by atoms with Gasteiger partial charge in [0.25, 0.3) is 0 Å². The first-order chi connectivity index (χ1) is 9.11. The number of methoxy groups -OCH3 is 1. The van der Waals surface area contributed by atoms with Gasteiger partial charge in [-0.3, -0.25) is 0 Å². The van der Waals surface area contributed by atoms with Gasteiger partial charge in [0.05, 0.1) is 12.1 Å². The molecule has 0 unspecified atom stereocenters. The van der Waals surface area contributed by atoms with Crippen LogP contribution in [-0.2, 0) is 5.75 Å². The molecule has 2 N–H and O–H groups in total. The SMILES string of the molecule is COc1cccc(CSc2cc(N)ccc2Cl)c1F. The Kier molecular flexibility index (Phi) is 4.56. The van der Waals surface area contributed by atoms with E-state index in [1.807, 2.05) is 0 Å². The van der Waals surface area contributed by atoms with Gasteiger partial charge in [0.15, 0.2) is 11.6 Å². The second-order valence-corrected chi connectivity index (χ2v) is 5.34. The molecule has 0 saturated heterocycles. The van der Waals surface area contributed by atoms with Crippen LogP contribution in [0.5, 0.6) is 5.75 Å². The van der Waals surface area contributed by atoms with Gasteiger partial charge in [0, 0.05) is 21.9 Å². The van der Waals surface area contributed by atoms with E-state index in [0.717, 1.165) is 4.90 Å². The molecule has 0 aliphatic heterocycles. The molecule has 0 heterocycles. The summed E-state index contributed by atoms with van der Waals surface area (Å²) >= 11 is 7.51. The predicted molar refractivity (Wildman–Crippen MR) is 78.4 cm³/mol. The van der Waals surface area contributed by atoms with Crippen LogP contribution in [0.3, 0.4) is 0 Å². The lowest BCUT2D eigenvalue weighted by atomic mass is 10.2. The first kappa shape index (κ1) is 14.0. The zero-order chi connectivity index (χ0) is 13.8. The van der Waals surface area contributed by atoms with Crippen LogP contribution in [0.2, 0.25) is 5.02 Å². The van der Waals surface area contributed by atoms with Crippen molar-refractivity contribution in [3.05, 3.63) is 52.8 Å². The highest BCUT2D eigenvalue weighted by atomic mass is 35.5. The number of anilines is 1. The monoisotopic (exact) mass is 297 g/mol. The summed E-state index contributed by atoms with van der Waals surface area (Å²) in [6, 6.07) is 10.3. The predicted octanol–water partition coefficient (Wildman–Crippen LogP) is 4.36. The van der Waals surface area contributed by atoms with E-state index >= 15 is 0 Å². The third-order valence-electron chi connectivity index (χ3n) is 2.60. The molecule has 2 aromatic carbocycles. The van der Waals surface area contributed by atoms with Crippen molar-refractivity contribution >= 4 is 29.1 Å². The minimum atomic E-state index is -0.336. The summed E-state index contributed by atoms with van der Waals surface area (Å²) in [5.41, 5.74) is 6.92. The number of nitrogen functional groups attached to an aromatic ring is 1. The Morgan fingerprint density at radius 3 is 2.84 bits per heavy atom. The van der Waals surface area contributed by atoms with Gasteiger partial charge in [-0.15, -0.1) is 11.8 Å². The maximum atomic E-state index is 14.0. The fourth-order valence-corrected chi connectivity index (χ4v) is 2.85. The summed E-state index contributed by atoms with van der Waals surface area (Å²) < 4.78 is 18.9. The van der Waals surface area contributed by atoms with Crippen LogP contribution in [0.25, 0.3) is 0 Å². The van der Waals surface area contributed by atoms with Gasteiger partial charge in [-0.2, -0.15) is 0 Å². The molecule has 0 aromatic heterocycles. The van der Waals surface area contributed by atoms with E-state index in [9.17, 15) is 4.39 Å². The highest BCUT2D eigenvalue weighted by molar-refractivity contribution is 7.98. The van der Waals surface area contributed by atoms with Crippen molar-refractivity contribution in [3.8, 4) is 5.75 Å². The molecule has 100 valence electrons. The minimum absolute atomic E-state index is 0.247. The van der Waals surface area contributed by atoms with Crippen LogP contribution in [0.15, 0.2) is 41.3 Å². The fourth-order valence-electron chi connectivity index (χ4n) is 1.61. The summed E-state index contributed by atoms with van der Waals surface area (Å²) in [6.07, 6.45) is 0. The van der Waals surface area contributed by atoms with E-state index in [4.69, 9.17) is 22.1 Å². The van der Waals surface area contributed by atoms with Crippen LogP contribution in [0, 0.1) is 5.82 Å². The first-order valence-corrected chi connectivity index (χ1v) is 6.97. The van der Waals surface area contributed by atoms with Crippen molar-refractivity contribution in [2.75, 3.05) is 12.8 Å². The second kappa shape index (κ2) is 6.17. The first-order valence-electron chi connectivity index (χ1n) is 5.61. The number of halogens is 2. The Labute approximate surface area is 120 Å². The van der Waals surface area contributed by atoms with Crippen LogP contribution in [0.4, 0.5) is 10.1 Å². The molecule has 5 heteroatoms. The lowest BCUT2D eigenvalue weighted by Gasteiger charge is -2.08. The molecule has 0 aliphatic rings.